The van der Waals surface area contributed by atoms with Crippen LogP contribution in [0.25, 0.3) is 16.9 Å². The van der Waals surface area contributed by atoms with Crippen molar-refractivity contribution in [1.82, 2.24) is 9.38 Å². The normalized spacial score (nSPS) is 11.0. The number of aryl methyl sites for hydroxylation is 1. The number of fused-ring (bicyclic) bond motifs is 1. The fourth-order valence-corrected chi connectivity index (χ4v) is 3.26. The molecule has 0 spiro atoms. The van der Waals surface area contributed by atoms with Crippen LogP contribution in [0.4, 0.5) is 5.82 Å². The molecule has 108 valence electrons. The Bertz CT molecular complexity index is 843. The fraction of sp³-hybridized carbons (Fsp3) is 0.133. The molecule has 2 heterocycles. The Balaban J connectivity index is 2.34. The van der Waals surface area contributed by atoms with Crippen molar-refractivity contribution in [2.24, 2.45) is 0 Å². The summed E-state index contributed by atoms with van der Waals surface area (Å²) in [4.78, 5) is 4.69. The van der Waals surface area contributed by atoms with Crippen molar-refractivity contribution in [2.75, 3.05) is 12.8 Å². The van der Waals surface area contributed by atoms with Crippen molar-refractivity contribution in [3.8, 4) is 17.0 Å². The number of benzene rings is 1. The molecule has 2 N–H and O–H groups in total. The van der Waals surface area contributed by atoms with Gasteiger partial charge in [0.15, 0.2) is 0 Å². The maximum atomic E-state index is 6.29. The molecule has 0 bridgehead atoms. The summed E-state index contributed by atoms with van der Waals surface area (Å²) in [7, 11) is 1.64. The molecule has 0 saturated carbocycles. The topological polar surface area (TPSA) is 52.5 Å². The molecule has 0 atom stereocenters. The third-order valence-electron chi connectivity index (χ3n) is 3.32. The van der Waals surface area contributed by atoms with Gasteiger partial charge in [-0.15, -0.1) is 0 Å². The number of anilines is 1. The van der Waals surface area contributed by atoms with Gasteiger partial charge in [0.2, 0.25) is 0 Å². The molecular formula is C15H13Br2N3O. The summed E-state index contributed by atoms with van der Waals surface area (Å²) in [5.41, 5.74) is 9.77. The Labute approximate surface area is 139 Å². The minimum absolute atomic E-state index is 0.589. The largest absolute Gasteiger partial charge is 0.496 e. The number of nitrogen functional groups attached to an aromatic ring is 1. The van der Waals surface area contributed by atoms with Crippen LogP contribution in [-0.2, 0) is 0 Å². The lowest BCUT2D eigenvalue weighted by Gasteiger charge is -2.07. The van der Waals surface area contributed by atoms with Crippen LogP contribution in [0.15, 0.2) is 39.4 Å². The smallest absolute Gasteiger partial charge is 0.142 e. The van der Waals surface area contributed by atoms with Crippen LogP contribution in [0.5, 0.6) is 5.75 Å². The molecule has 3 rings (SSSR count). The standard InChI is InChI=1S/C15H13Br2N3O/c1-8-5-10(17)7-20-14(18)13(19-15(8)20)11-6-9(16)3-4-12(11)21-2/h3-7H,18H2,1-2H3. The van der Waals surface area contributed by atoms with Crippen LogP contribution in [0.1, 0.15) is 5.56 Å². The first-order valence-corrected chi connectivity index (χ1v) is 7.87. The van der Waals surface area contributed by atoms with Crippen LogP contribution in [0.3, 0.4) is 0 Å². The number of rotatable bonds is 2. The second-order valence-electron chi connectivity index (χ2n) is 4.73. The van der Waals surface area contributed by atoms with E-state index < -0.39 is 0 Å². The SMILES string of the molecule is COc1ccc(Br)cc1-c1nc2c(C)cc(Br)cn2c1N. The average Bonchev–Trinajstić information content (AvgIpc) is 2.77. The van der Waals surface area contributed by atoms with Crippen molar-refractivity contribution in [2.45, 2.75) is 6.92 Å². The van der Waals surface area contributed by atoms with Gasteiger partial charge in [0.05, 0.1) is 7.11 Å². The number of hydrogen-bond donors (Lipinski definition) is 1. The van der Waals surface area contributed by atoms with Crippen molar-refractivity contribution in [3.05, 3.63) is 45.0 Å². The van der Waals surface area contributed by atoms with Gasteiger partial charge >= 0.3 is 0 Å². The van der Waals surface area contributed by atoms with E-state index in [-0.39, 0.29) is 0 Å². The van der Waals surface area contributed by atoms with Gasteiger partial charge < -0.3 is 10.5 Å². The second kappa shape index (κ2) is 5.35. The first-order valence-electron chi connectivity index (χ1n) is 6.29. The van der Waals surface area contributed by atoms with Gasteiger partial charge in [-0.3, -0.25) is 4.40 Å². The molecule has 0 saturated heterocycles. The van der Waals surface area contributed by atoms with Gasteiger partial charge in [-0.1, -0.05) is 15.9 Å². The number of aromatic nitrogens is 2. The van der Waals surface area contributed by atoms with E-state index in [0.717, 1.165) is 31.5 Å². The van der Waals surface area contributed by atoms with E-state index in [1.807, 2.05) is 41.8 Å². The summed E-state index contributed by atoms with van der Waals surface area (Å²) in [6, 6.07) is 7.80. The van der Waals surface area contributed by atoms with E-state index in [1.165, 1.54) is 0 Å². The zero-order chi connectivity index (χ0) is 15.1. The maximum absolute atomic E-state index is 6.29. The van der Waals surface area contributed by atoms with E-state index in [1.54, 1.807) is 7.11 Å². The van der Waals surface area contributed by atoms with Gasteiger partial charge in [0, 0.05) is 20.7 Å². The summed E-state index contributed by atoms with van der Waals surface area (Å²) < 4.78 is 9.22. The van der Waals surface area contributed by atoms with Gasteiger partial charge in [0.25, 0.3) is 0 Å². The van der Waals surface area contributed by atoms with Gasteiger partial charge in [0.1, 0.15) is 22.9 Å². The molecule has 0 amide bonds. The van der Waals surface area contributed by atoms with E-state index in [2.05, 4.69) is 36.8 Å². The number of nitrogens with two attached hydrogens (primary N) is 1. The van der Waals surface area contributed by atoms with E-state index in [9.17, 15) is 0 Å². The highest BCUT2D eigenvalue weighted by Gasteiger charge is 2.17. The highest BCUT2D eigenvalue weighted by molar-refractivity contribution is 9.10. The summed E-state index contributed by atoms with van der Waals surface area (Å²) in [6.45, 7) is 2.01. The molecule has 0 radical (unpaired) electrons. The molecule has 1 aromatic carbocycles. The maximum Gasteiger partial charge on any atom is 0.142 e. The van der Waals surface area contributed by atoms with Crippen LogP contribution in [0, 0.1) is 6.92 Å². The van der Waals surface area contributed by atoms with Gasteiger partial charge in [-0.25, -0.2) is 4.98 Å². The lowest BCUT2D eigenvalue weighted by molar-refractivity contribution is 0.416. The van der Waals surface area contributed by atoms with Crippen LogP contribution >= 0.6 is 31.9 Å². The molecule has 0 aliphatic heterocycles. The zero-order valence-corrected chi connectivity index (χ0v) is 14.7. The molecule has 21 heavy (non-hydrogen) atoms. The molecular weight excluding hydrogens is 398 g/mol. The number of methoxy groups -OCH3 is 1. The first kappa shape index (κ1) is 14.4. The Hall–Kier alpha value is -1.53. The van der Waals surface area contributed by atoms with Crippen LogP contribution in [-0.4, -0.2) is 16.5 Å². The van der Waals surface area contributed by atoms with Crippen molar-refractivity contribution in [3.63, 3.8) is 0 Å². The number of ether oxygens (including phenoxy) is 1. The average molecular weight is 411 g/mol. The predicted molar refractivity (Wildman–Crippen MR) is 91.7 cm³/mol. The predicted octanol–water partition coefficient (Wildman–Crippen LogP) is 4.43. The monoisotopic (exact) mass is 409 g/mol. The summed E-state index contributed by atoms with van der Waals surface area (Å²) in [5.74, 6) is 1.33. The highest BCUT2D eigenvalue weighted by atomic mass is 79.9. The molecule has 4 nitrogen and oxygen atoms in total. The third kappa shape index (κ3) is 2.42. The Morgan fingerprint density at radius 1 is 1.19 bits per heavy atom. The number of pyridine rings is 1. The summed E-state index contributed by atoms with van der Waals surface area (Å²) in [5, 5.41) is 0. The molecule has 2 aromatic heterocycles. The first-order chi connectivity index (χ1) is 10.0. The molecule has 6 heteroatoms. The minimum Gasteiger partial charge on any atom is -0.496 e. The highest BCUT2D eigenvalue weighted by Crippen LogP contribution is 2.36. The Morgan fingerprint density at radius 3 is 2.67 bits per heavy atom. The lowest BCUT2D eigenvalue weighted by atomic mass is 10.1. The van der Waals surface area contributed by atoms with Crippen LogP contribution in [0.2, 0.25) is 0 Å². The van der Waals surface area contributed by atoms with Crippen LogP contribution < -0.4 is 10.5 Å². The van der Waals surface area contributed by atoms with Crippen molar-refractivity contribution < 1.29 is 4.74 Å². The van der Waals surface area contributed by atoms with Gasteiger partial charge in [-0.2, -0.15) is 0 Å². The lowest BCUT2D eigenvalue weighted by Crippen LogP contribution is -1.96. The Kier molecular flexibility index (Phi) is 3.67. The van der Waals surface area contributed by atoms with Crippen molar-refractivity contribution in [1.29, 1.82) is 0 Å². The van der Waals surface area contributed by atoms with E-state index >= 15 is 0 Å². The zero-order valence-electron chi connectivity index (χ0n) is 11.5. The fourth-order valence-electron chi connectivity index (χ4n) is 2.35. The van der Waals surface area contributed by atoms with Gasteiger partial charge in [-0.05, 0) is 52.7 Å². The third-order valence-corrected chi connectivity index (χ3v) is 4.25. The molecule has 0 aliphatic rings. The minimum atomic E-state index is 0.589. The Morgan fingerprint density at radius 2 is 1.95 bits per heavy atom. The van der Waals surface area contributed by atoms with E-state index in [0.29, 0.717) is 11.5 Å². The summed E-state index contributed by atoms with van der Waals surface area (Å²) >= 11 is 6.97. The molecule has 0 unspecified atom stereocenters. The number of imidazole rings is 1. The molecule has 3 aromatic rings. The molecule has 0 aliphatic carbocycles. The number of nitrogens with zero attached hydrogens (tertiary/aromatic N) is 2. The molecule has 0 fully saturated rings. The quantitative estimate of drug-likeness (QED) is 0.679. The second-order valence-corrected chi connectivity index (χ2v) is 6.56. The van der Waals surface area contributed by atoms with Crippen molar-refractivity contribution >= 4 is 43.3 Å². The number of hydrogen-bond acceptors (Lipinski definition) is 3. The summed E-state index contributed by atoms with van der Waals surface area (Å²) in [6.07, 6.45) is 1.92. The number of halogens is 2. The van der Waals surface area contributed by atoms with E-state index in [4.69, 9.17) is 10.5 Å².